The Hall–Kier alpha value is -5.05. The predicted octanol–water partition coefficient (Wildman–Crippen LogP) is 4.67. The number of carbonyl (C=O) groups is 1. The maximum absolute atomic E-state index is 14.8. The number of aromatic nitrogens is 3. The number of hydrogen-bond donors (Lipinski definition) is 2. The van der Waals surface area contributed by atoms with E-state index in [1.54, 1.807) is 42.5 Å². The number of rotatable bonds is 5. The first-order valence-corrected chi connectivity index (χ1v) is 10.5. The van der Waals surface area contributed by atoms with Crippen molar-refractivity contribution in [2.45, 2.75) is 0 Å². The van der Waals surface area contributed by atoms with Crippen molar-refractivity contribution in [1.29, 1.82) is 0 Å². The van der Waals surface area contributed by atoms with Gasteiger partial charge in [0.25, 0.3) is 11.5 Å². The summed E-state index contributed by atoms with van der Waals surface area (Å²) < 4.78 is 21.6. The summed E-state index contributed by atoms with van der Waals surface area (Å²) in [4.78, 5) is 29.7. The molecule has 2 N–H and O–H groups in total. The summed E-state index contributed by atoms with van der Waals surface area (Å²) in [5.74, 6) is -1.08. The van der Waals surface area contributed by atoms with E-state index in [1.807, 2.05) is 0 Å². The van der Waals surface area contributed by atoms with Crippen LogP contribution in [0.3, 0.4) is 0 Å². The van der Waals surface area contributed by atoms with Gasteiger partial charge in [-0.2, -0.15) is 9.78 Å². The zero-order valence-electron chi connectivity index (χ0n) is 18.1. The van der Waals surface area contributed by atoms with E-state index in [9.17, 15) is 19.1 Å². The van der Waals surface area contributed by atoms with Crippen molar-refractivity contribution in [1.82, 2.24) is 14.8 Å². The Morgan fingerprint density at radius 3 is 2.57 bits per heavy atom. The van der Waals surface area contributed by atoms with Gasteiger partial charge in [0.05, 0.1) is 11.2 Å². The molecule has 3 aromatic carbocycles. The number of benzene rings is 3. The van der Waals surface area contributed by atoms with Crippen LogP contribution in [0.4, 0.5) is 10.1 Å². The molecule has 35 heavy (non-hydrogen) atoms. The molecule has 1 amide bonds. The van der Waals surface area contributed by atoms with E-state index >= 15 is 0 Å². The summed E-state index contributed by atoms with van der Waals surface area (Å²) in [6.07, 6.45) is 2.83. The van der Waals surface area contributed by atoms with E-state index in [2.05, 4.69) is 15.4 Å². The van der Waals surface area contributed by atoms with Crippen LogP contribution in [0.2, 0.25) is 0 Å². The van der Waals surface area contributed by atoms with Crippen molar-refractivity contribution >= 4 is 22.5 Å². The van der Waals surface area contributed by atoms with Crippen molar-refractivity contribution in [3.63, 3.8) is 0 Å². The van der Waals surface area contributed by atoms with Gasteiger partial charge in [-0.25, -0.2) is 4.39 Å². The summed E-state index contributed by atoms with van der Waals surface area (Å²) >= 11 is 0. The van der Waals surface area contributed by atoms with Crippen LogP contribution in [0.25, 0.3) is 16.6 Å². The molecule has 0 aliphatic heterocycles. The minimum absolute atomic E-state index is 0.0538. The third-order valence-corrected chi connectivity index (χ3v) is 5.19. The van der Waals surface area contributed by atoms with Crippen LogP contribution in [-0.2, 0) is 0 Å². The van der Waals surface area contributed by atoms with Gasteiger partial charge in [-0.1, -0.05) is 18.2 Å². The molecule has 2 heterocycles. The first-order chi connectivity index (χ1) is 17.0. The molecule has 172 valence electrons. The molecule has 0 saturated heterocycles. The molecule has 5 rings (SSSR count). The number of pyridine rings is 1. The molecule has 0 saturated carbocycles. The first-order valence-electron chi connectivity index (χ1n) is 10.5. The number of amides is 1. The van der Waals surface area contributed by atoms with Gasteiger partial charge < -0.3 is 15.2 Å². The SMILES string of the molecule is O=C(Nc1ccc(Oc2ccnc3cc(O)ccc23)c(F)c1)c1ccnn(-c2ccccc2)c1=O. The maximum atomic E-state index is 14.8. The minimum Gasteiger partial charge on any atom is -0.508 e. The van der Waals surface area contributed by atoms with Crippen LogP contribution in [-0.4, -0.2) is 25.8 Å². The summed E-state index contributed by atoms with van der Waals surface area (Å²) in [5, 5.41) is 16.8. The molecule has 2 aromatic heterocycles. The average Bonchev–Trinajstić information content (AvgIpc) is 2.86. The Labute approximate surface area is 197 Å². The van der Waals surface area contributed by atoms with Gasteiger partial charge in [0.15, 0.2) is 11.6 Å². The van der Waals surface area contributed by atoms with E-state index in [0.29, 0.717) is 22.3 Å². The summed E-state index contributed by atoms with van der Waals surface area (Å²) in [6.45, 7) is 0. The predicted molar refractivity (Wildman–Crippen MR) is 128 cm³/mol. The van der Waals surface area contributed by atoms with Crippen molar-refractivity contribution in [2.75, 3.05) is 5.32 Å². The van der Waals surface area contributed by atoms with Crippen molar-refractivity contribution in [3.05, 3.63) is 113 Å². The second kappa shape index (κ2) is 9.06. The molecule has 0 fully saturated rings. The number of nitrogens with one attached hydrogen (secondary N) is 1. The highest BCUT2D eigenvalue weighted by Crippen LogP contribution is 2.32. The fourth-order valence-corrected chi connectivity index (χ4v) is 3.52. The summed E-state index contributed by atoms with van der Waals surface area (Å²) in [5.41, 5.74) is 0.402. The van der Waals surface area contributed by atoms with Gasteiger partial charge in [-0.05, 0) is 48.5 Å². The first kappa shape index (κ1) is 21.8. The van der Waals surface area contributed by atoms with Gasteiger partial charge in [0.2, 0.25) is 0 Å². The number of carbonyl (C=O) groups excluding carboxylic acids is 1. The normalized spacial score (nSPS) is 10.8. The number of aromatic hydroxyl groups is 1. The molecule has 0 atom stereocenters. The summed E-state index contributed by atoms with van der Waals surface area (Å²) in [6, 6.07) is 20.1. The molecule has 0 bridgehead atoms. The second-order valence-corrected chi connectivity index (χ2v) is 7.51. The van der Waals surface area contributed by atoms with Gasteiger partial charge in [-0.3, -0.25) is 14.6 Å². The Kier molecular flexibility index (Phi) is 5.64. The van der Waals surface area contributed by atoms with Crippen LogP contribution >= 0.6 is 0 Å². The lowest BCUT2D eigenvalue weighted by Crippen LogP contribution is -2.29. The molecule has 8 nitrogen and oxygen atoms in total. The molecule has 0 radical (unpaired) electrons. The van der Waals surface area contributed by atoms with Crippen molar-refractivity contribution in [2.24, 2.45) is 0 Å². The molecule has 0 spiro atoms. The quantitative estimate of drug-likeness (QED) is 0.388. The highest BCUT2D eigenvalue weighted by atomic mass is 19.1. The second-order valence-electron chi connectivity index (χ2n) is 7.51. The zero-order chi connectivity index (χ0) is 24.4. The van der Waals surface area contributed by atoms with Crippen LogP contribution in [0, 0.1) is 5.82 Å². The molecule has 9 heteroatoms. The van der Waals surface area contributed by atoms with E-state index in [1.165, 1.54) is 42.7 Å². The Morgan fingerprint density at radius 2 is 1.77 bits per heavy atom. The van der Waals surface area contributed by atoms with Crippen LogP contribution in [0.15, 0.2) is 96.1 Å². The average molecular weight is 468 g/mol. The van der Waals surface area contributed by atoms with Crippen LogP contribution in [0.5, 0.6) is 17.2 Å². The number of phenols is 1. The zero-order valence-corrected chi connectivity index (χ0v) is 18.1. The lowest BCUT2D eigenvalue weighted by Gasteiger charge is -2.11. The fourth-order valence-electron chi connectivity index (χ4n) is 3.52. The molecular weight excluding hydrogens is 451 g/mol. The molecule has 0 aliphatic rings. The highest BCUT2D eigenvalue weighted by molar-refractivity contribution is 6.04. The number of anilines is 1. The lowest BCUT2D eigenvalue weighted by molar-refractivity contribution is 0.102. The lowest BCUT2D eigenvalue weighted by atomic mass is 10.2. The van der Waals surface area contributed by atoms with E-state index < -0.39 is 17.3 Å². The number of ether oxygens (including phenoxy) is 1. The van der Waals surface area contributed by atoms with Crippen molar-refractivity contribution in [3.8, 4) is 22.9 Å². The highest BCUT2D eigenvalue weighted by Gasteiger charge is 2.16. The topological polar surface area (TPSA) is 106 Å². The Morgan fingerprint density at radius 1 is 0.943 bits per heavy atom. The molecule has 0 aliphatic carbocycles. The number of fused-ring (bicyclic) bond motifs is 1. The number of nitrogens with zero attached hydrogens (tertiary/aromatic N) is 3. The third kappa shape index (κ3) is 4.42. The number of para-hydroxylation sites is 1. The monoisotopic (exact) mass is 468 g/mol. The third-order valence-electron chi connectivity index (χ3n) is 5.19. The Balaban J connectivity index is 1.38. The smallest absolute Gasteiger partial charge is 0.284 e. The standard InChI is InChI=1S/C26H17FN4O4/c27-21-14-16(6-9-24(21)35-23-11-12-28-22-15-18(32)7-8-19(22)23)30-25(33)20-10-13-29-31(26(20)34)17-4-2-1-3-5-17/h1-15,32H,(H,30,33). The molecule has 5 aromatic rings. The number of halogens is 1. The van der Waals surface area contributed by atoms with Gasteiger partial charge in [-0.15, -0.1) is 0 Å². The Bertz CT molecular complexity index is 1620. The number of hydrogen-bond acceptors (Lipinski definition) is 6. The largest absolute Gasteiger partial charge is 0.508 e. The fraction of sp³-hybridized carbons (Fsp3) is 0. The van der Waals surface area contributed by atoms with E-state index in [-0.39, 0.29) is 22.7 Å². The molecular formula is C26H17FN4O4. The van der Waals surface area contributed by atoms with Gasteiger partial charge in [0.1, 0.15) is 17.1 Å². The minimum atomic E-state index is -0.719. The summed E-state index contributed by atoms with van der Waals surface area (Å²) in [7, 11) is 0. The molecule has 0 unspecified atom stereocenters. The van der Waals surface area contributed by atoms with Crippen LogP contribution < -0.4 is 15.6 Å². The number of phenolic OH excluding ortho intramolecular Hbond substituents is 1. The van der Waals surface area contributed by atoms with Crippen molar-refractivity contribution < 1.29 is 19.0 Å². The van der Waals surface area contributed by atoms with E-state index in [0.717, 1.165) is 10.7 Å². The van der Waals surface area contributed by atoms with Gasteiger partial charge >= 0.3 is 0 Å². The maximum Gasteiger partial charge on any atom is 0.284 e. The van der Waals surface area contributed by atoms with Gasteiger partial charge in [0, 0.05) is 35.6 Å². The van der Waals surface area contributed by atoms with E-state index in [4.69, 9.17) is 4.74 Å². The van der Waals surface area contributed by atoms with Crippen LogP contribution in [0.1, 0.15) is 10.4 Å².